The molecule has 0 amide bonds. The fraction of sp³-hybridized carbons (Fsp3) is 0.143. The second-order valence-corrected chi connectivity index (χ2v) is 3.68. The molecular formula is C7H5Br2NO. The van der Waals surface area contributed by atoms with E-state index in [1.165, 1.54) is 0 Å². The summed E-state index contributed by atoms with van der Waals surface area (Å²) in [6, 6.07) is 0. The van der Waals surface area contributed by atoms with Crippen LogP contribution >= 0.6 is 31.9 Å². The van der Waals surface area contributed by atoms with E-state index in [1.807, 2.05) is 6.92 Å². The van der Waals surface area contributed by atoms with E-state index in [0.717, 1.165) is 16.5 Å². The van der Waals surface area contributed by atoms with E-state index in [0.29, 0.717) is 10.0 Å². The zero-order valence-corrected chi connectivity index (χ0v) is 8.94. The highest BCUT2D eigenvalue weighted by molar-refractivity contribution is 9.11. The van der Waals surface area contributed by atoms with Gasteiger partial charge in [0.1, 0.15) is 0 Å². The van der Waals surface area contributed by atoms with E-state index >= 15 is 0 Å². The predicted molar refractivity (Wildman–Crippen MR) is 49.8 cm³/mol. The molecular weight excluding hydrogens is 274 g/mol. The molecule has 0 atom stereocenters. The van der Waals surface area contributed by atoms with Gasteiger partial charge in [-0.1, -0.05) is 0 Å². The van der Waals surface area contributed by atoms with E-state index in [2.05, 4.69) is 36.8 Å². The topological polar surface area (TPSA) is 30.0 Å². The Labute approximate surface area is 81.3 Å². The van der Waals surface area contributed by atoms with E-state index in [1.54, 1.807) is 6.20 Å². The van der Waals surface area contributed by atoms with E-state index in [-0.39, 0.29) is 0 Å². The number of nitrogens with zero attached hydrogens (tertiary/aromatic N) is 1. The number of aromatic nitrogens is 1. The van der Waals surface area contributed by atoms with Crippen LogP contribution in [0, 0.1) is 6.92 Å². The van der Waals surface area contributed by atoms with Crippen molar-refractivity contribution < 1.29 is 4.79 Å². The maximum absolute atomic E-state index is 10.5. The van der Waals surface area contributed by atoms with Crippen molar-refractivity contribution in [3.63, 3.8) is 0 Å². The fourth-order valence-electron chi connectivity index (χ4n) is 0.687. The average molecular weight is 279 g/mol. The van der Waals surface area contributed by atoms with Crippen LogP contribution in [0.4, 0.5) is 0 Å². The standard InChI is InChI=1S/C7H5Br2NO/c1-4-7(9)5(3-11)6(8)2-10-4/h2-3H,1H3. The maximum atomic E-state index is 10.5. The van der Waals surface area contributed by atoms with Crippen LogP contribution in [0.2, 0.25) is 0 Å². The Morgan fingerprint density at radius 3 is 2.64 bits per heavy atom. The van der Waals surface area contributed by atoms with Gasteiger partial charge >= 0.3 is 0 Å². The van der Waals surface area contributed by atoms with Crippen LogP contribution in [0.3, 0.4) is 0 Å². The highest BCUT2D eigenvalue weighted by Crippen LogP contribution is 2.24. The van der Waals surface area contributed by atoms with Crippen molar-refractivity contribution in [1.82, 2.24) is 4.98 Å². The number of rotatable bonds is 1. The summed E-state index contributed by atoms with van der Waals surface area (Å²) in [6.07, 6.45) is 2.41. The Kier molecular flexibility index (Phi) is 2.78. The summed E-state index contributed by atoms with van der Waals surface area (Å²) in [5, 5.41) is 0. The molecule has 0 bridgehead atoms. The molecule has 0 aromatic carbocycles. The first-order valence-electron chi connectivity index (χ1n) is 2.92. The number of hydrogen-bond donors (Lipinski definition) is 0. The highest BCUT2D eigenvalue weighted by atomic mass is 79.9. The third kappa shape index (κ3) is 1.68. The van der Waals surface area contributed by atoms with Crippen LogP contribution in [0.25, 0.3) is 0 Å². The molecule has 0 saturated heterocycles. The molecule has 1 heterocycles. The summed E-state index contributed by atoms with van der Waals surface area (Å²) in [6.45, 7) is 1.84. The number of carbonyl (C=O) groups excluding carboxylic acids is 1. The van der Waals surface area contributed by atoms with Crippen molar-refractivity contribution in [1.29, 1.82) is 0 Å². The predicted octanol–water partition coefficient (Wildman–Crippen LogP) is 2.73. The van der Waals surface area contributed by atoms with E-state index in [9.17, 15) is 4.79 Å². The van der Waals surface area contributed by atoms with Gasteiger partial charge in [-0.2, -0.15) is 0 Å². The Hall–Kier alpha value is -0.220. The van der Waals surface area contributed by atoms with Crippen LogP contribution in [0.15, 0.2) is 15.1 Å². The lowest BCUT2D eigenvalue weighted by molar-refractivity contribution is 0.112. The van der Waals surface area contributed by atoms with Gasteiger partial charge in [0.25, 0.3) is 0 Å². The zero-order chi connectivity index (χ0) is 8.43. The lowest BCUT2D eigenvalue weighted by Gasteiger charge is -2.01. The minimum atomic E-state index is 0.609. The third-order valence-corrected chi connectivity index (χ3v) is 2.93. The van der Waals surface area contributed by atoms with Crippen LogP contribution in [0.1, 0.15) is 16.1 Å². The minimum absolute atomic E-state index is 0.609. The molecule has 0 aliphatic rings. The SMILES string of the molecule is Cc1ncc(Br)c(C=O)c1Br. The Balaban J connectivity index is 3.40. The molecule has 58 valence electrons. The number of hydrogen-bond acceptors (Lipinski definition) is 2. The Morgan fingerprint density at radius 1 is 1.55 bits per heavy atom. The second-order valence-electron chi connectivity index (χ2n) is 2.04. The summed E-state index contributed by atoms with van der Waals surface area (Å²) >= 11 is 6.49. The van der Waals surface area contributed by atoms with Crippen molar-refractivity contribution in [2.75, 3.05) is 0 Å². The van der Waals surface area contributed by atoms with Gasteiger partial charge in [0.2, 0.25) is 0 Å². The molecule has 0 aliphatic carbocycles. The summed E-state index contributed by atoms with van der Waals surface area (Å²) in [5.41, 5.74) is 1.42. The quantitative estimate of drug-likeness (QED) is 0.740. The number of pyridine rings is 1. The molecule has 2 nitrogen and oxygen atoms in total. The molecule has 0 N–H and O–H groups in total. The van der Waals surface area contributed by atoms with E-state index in [4.69, 9.17) is 0 Å². The fourth-order valence-corrected chi connectivity index (χ4v) is 1.76. The van der Waals surface area contributed by atoms with Gasteiger partial charge in [0.15, 0.2) is 6.29 Å². The van der Waals surface area contributed by atoms with Gasteiger partial charge in [-0.15, -0.1) is 0 Å². The molecule has 0 saturated carbocycles. The normalized spacial score (nSPS) is 9.73. The van der Waals surface area contributed by atoms with Crippen LogP contribution in [-0.2, 0) is 0 Å². The summed E-state index contributed by atoms with van der Waals surface area (Å²) in [5.74, 6) is 0. The monoisotopic (exact) mass is 277 g/mol. The molecule has 11 heavy (non-hydrogen) atoms. The van der Waals surface area contributed by atoms with Gasteiger partial charge < -0.3 is 0 Å². The van der Waals surface area contributed by atoms with Crippen molar-refractivity contribution in [2.24, 2.45) is 0 Å². The lowest BCUT2D eigenvalue weighted by atomic mass is 10.2. The molecule has 1 aromatic heterocycles. The van der Waals surface area contributed by atoms with Crippen molar-refractivity contribution in [2.45, 2.75) is 6.92 Å². The van der Waals surface area contributed by atoms with Crippen LogP contribution in [0.5, 0.6) is 0 Å². The summed E-state index contributed by atoms with van der Waals surface area (Å²) < 4.78 is 1.46. The van der Waals surface area contributed by atoms with Gasteiger partial charge in [-0.25, -0.2) is 0 Å². The highest BCUT2D eigenvalue weighted by Gasteiger charge is 2.06. The molecule has 0 unspecified atom stereocenters. The number of aldehydes is 1. The lowest BCUT2D eigenvalue weighted by Crippen LogP contribution is -1.91. The van der Waals surface area contributed by atoms with Gasteiger partial charge in [-0.3, -0.25) is 9.78 Å². The third-order valence-electron chi connectivity index (χ3n) is 1.30. The second kappa shape index (κ2) is 3.45. The molecule has 1 aromatic rings. The first-order valence-corrected chi connectivity index (χ1v) is 4.51. The maximum Gasteiger partial charge on any atom is 0.152 e. The van der Waals surface area contributed by atoms with Crippen molar-refractivity contribution in [3.05, 3.63) is 26.4 Å². The molecule has 0 fully saturated rings. The molecule has 0 spiro atoms. The van der Waals surface area contributed by atoms with Gasteiger partial charge in [0, 0.05) is 16.2 Å². The number of aryl methyl sites for hydroxylation is 1. The smallest absolute Gasteiger partial charge is 0.152 e. The van der Waals surface area contributed by atoms with Crippen LogP contribution in [-0.4, -0.2) is 11.3 Å². The van der Waals surface area contributed by atoms with Gasteiger partial charge in [0.05, 0.1) is 10.2 Å². The molecule has 4 heteroatoms. The number of halogens is 2. The summed E-state index contributed by atoms with van der Waals surface area (Å²) in [4.78, 5) is 14.5. The molecule has 0 aliphatic heterocycles. The molecule has 0 radical (unpaired) electrons. The number of carbonyl (C=O) groups is 1. The van der Waals surface area contributed by atoms with Gasteiger partial charge in [-0.05, 0) is 38.8 Å². The molecule has 1 rings (SSSR count). The van der Waals surface area contributed by atoms with Crippen molar-refractivity contribution >= 4 is 38.1 Å². The van der Waals surface area contributed by atoms with Crippen LogP contribution < -0.4 is 0 Å². The Morgan fingerprint density at radius 2 is 2.18 bits per heavy atom. The van der Waals surface area contributed by atoms with E-state index < -0.39 is 0 Å². The largest absolute Gasteiger partial charge is 0.298 e. The minimum Gasteiger partial charge on any atom is -0.298 e. The zero-order valence-electron chi connectivity index (χ0n) is 5.77. The Bertz CT molecular complexity index is 299. The first kappa shape index (κ1) is 8.87. The summed E-state index contributed by atoms with van der Waals surface area (Å²) in [7, 11) is 0. The van der Waals surface area contributed by atoms with Crippen molar-refractivity contribution in [3.8, 4) is 0 Å². The first-order chi connectivity index (χ1) is 5.16. The average Bonchev–Trinajstić information content (AvgIpc) is 1.99.